The lowest BCUT2D eigenvalue weighted by Gasteiger charge is -2.11. The van der Waals surface area contributed by atoms with Gasteiger partial charge in [-0.05, 0) is 49.2 Å². The third kappa shape index (κ3) is 4.68. The summed E-state index contributed by atoms with van der Waals surface area (Å²) in [5, 5.41) is 10.6. The number of hydrogen-bond acceptors (Lipinski definition) is 6. The maximum Gasteiger partial charge on any atom is 0.335 e. The maximum absolute atomic E-state index is 13.1. The van der Waals surface area contributed by atoms with Crippen LogP contribution >= 0.6 is 22.9 Å². The van der Waals surface area contributed by atoms with Crippen molar-refractivity contribution < 1.29 is 5.11 Å². The summed E-state index contributed by atoms with van der Waals surface area (Å²) in [4.78, 5) is 37.4. The van der Waals surface area contributed by atoms with Crippen LogP contribution in [-0.2, 0) is 13.1 Å². The Kier molecular flexibility index (Phi) is 6.17. The molecule has 160 valence electrons. The highest BCUT2D eigenvalue weighted by molar-refractivity contribution is 7.18. The first-order valence-electron chi connectivity index (χ1n) is 9.66. The van der Waals surface area contributed by atoms with Crippen molar-refractivity contribution in [3.05, 3.63) is 84.6 Å². The smallest absolute Gasteiger partial charge is 0.335 e. The summed E-state index contributed by atoms with van der Waals surface area (Å²) in [5.74, 6) is 0. The highest BCUT2D eigenvalue weighted by Crippen LogP contribution is 2.25. The molecule has 8 nitrogen and oxygen atoms in total. The average Bonchev–Trinajstić information content (AvgIpc) is 3.11. The molecule has 0 saturated heterocycles. The van der Waals surface area contributed by atoms with Crippen LogP contribution in [0, 0.1) is 6.92 Å². The third-order valence-corrected chi connectivity index (χ3v) is 5.87. The van der Waals surface area contributed by atoms with E-state index in [1.54, 1.807) is 29.5 Å². The number of aliphatic hydroxyl groups excluding tert-OH is 1. The van der Waals surface area contributed by atoms with Crippen LogP contribution < -0.4 is 17.0 Å². The minimum absolute atomic E-state index is 0.109. The van der Waals surface area contributed by atoms with Gasteiger partial charge in [0.05, 0.1) is 27.5 Å². The predicted molar refractivity (Wildman–Crippen MR) is 121 cm³/mol. The molecule has 0 aliphatic rings. The van der Waals surface area contributed by atoms with E-state index in [-0.39, 0.29) is 25.3 Å². The highest BCUT2D eigenvalue weighted by Gasteiger charge is 2.10. The van der Waals surface area contributed by atoms with Gasteiger partial charge in [-0.2, -0.15) is 0 Å². The minimum Gasteiger partial charge on any atom is -0.396 e. The number of H-pyrrole nitrogens is 1. The zero-order valence-electron chi connectivity index (χ0n) is 16.7. The van der Waals surface area contributed by atoms with Gasteiger partial charge < -0.3 is 5.11 Å². The van der Waals surface area contributed by atoms with Gasteiger partial charge in [-0.25, -0.2) is 24.1 Å². The van der Waals surface area contributed by atoms with E-state index in [9.17, 15) is 9.59 Å². The molecule has 0 atom stereocenters. The van der Waals surface area contributed by atoms with Crippen LogP contribution in [0.25, 0.3) is 10.2 Å². The van der Waals surface area contributed by atoms with Crippen molar-refractivity contribution in [2.75, 3.05) is 6.61 Å². The predicted octanol–water partition coefficient (Wildman–Crippen LogP) is 2.57. The third-order valence-electron chi connectivity index (χ3n) is 4.69. The van der Waals surface area contributed by atoms with Gasteiger partial charge in [0.25, 0.3) is 0 Å². The number of nitrogens with zero attached hydrogens (tertiary/aromatic N) is 4. The van der Waals surface area contributed by atoms with Gasteiger partial charge in [0, 0.05) is 18.2 Å². The fraction of sp³-hybridized carbons (Fsp3) is 0.238. The van der Waals surface area contributed by atoms with Crippen LogP contribution in [0.2, 0.25) is 5.02 Å². The van der Waals surface area contributed by atoms with Gasteiger partial charge >= 0.3 is 11.4 Å². The molecule has 0 saturated carbocycles. The van der Waals surface area contributed by atoms with E-state index < -0.39 is 11.4 Å². The maximum atomic E-state index is 13.1. The molecule has 0 unspecified atom stereocenters. The van der Waals surface area contributed by atoms with E-state index in [2.05, 4.69) is 15.0 Å². The Morgan fingerprint density at radius 1 is 1.16 bits per heavy atom. The van der Waals surface area contributed by atoms with Crippen molar-refractivity contribution >= 4 is 38.8 Å². The molecule has 31 heavy (non-hydrogen) atoms. The molecular formula is C21H20ClN5O3S. The second kappa shape index (κ2) is 9.01. The monoisotopic (exact) mass is 457 g/mol. The molecule has 0 aliphatic heterocycles. The Bertz CT molecular complexity index is 1420. The van der Waals surface area contributed by atoms with Crippen molar-refractivity contribution in [2.45, 2.75) is 26.4 Å². The normalized spacial score (nSPS) is 12.0. The molecule has 2 heterocycles. The zero-order valence-corrected chi connectivity index (χ0v) is 18.3. The molecule has 2 N–H and O–H groups in total. The molecule has 2 aromatic heterocycles. The van der Waals surface area contributed by atoms with Gasteiger partial charge in [-0.3, -0.25) is 9.55 Å². The molecule has 2 aromatic carbocycles. The lowest BCUT2D eigenvalue weighted by molar-refractivity contribution is 0.276. The number of halogens is 1. The van der Waals surface area contributed by atoms with Gasteiger partial charge in [0.1, 0.15) is 0 Å². The van der Waals surface area contributed by atoms with Crippen LogP contribution in [0.4, 0.5) is 5.69 Å². The van der Waals surface area contributed by atoms with Gasteiger partial charge in [-0.1, -0.05) is 23.7 Å². The lowest BCUT2D eigenvalue weighted by atomic mass is 10.2. The number of rotatable bonds is 6. The second-order valence-corrected chi connectivity index (χ2v) is 8.65. The second-order valence-electron chi connectivity index (χ2n) is 6.97. The van der Waals surface area contributed by atoms with E-state index in [1.807, 2.05) is 31.2 Å². The first-order chi connectivity index (χ1) is 14.9. The first-order valence-corrected chi connectivity index (χ1v) is 10.9. The molecule has 4 aromatic rings. The number of aromatic amines is 1. The Balaban J connectivity index is 1.88. The number of aryl methyl sites for hydroxylation is 1. The molecular weight excluding hydrogens is 438 g/mol. The number of hydrogen-bond donors (Lipinski definition) is 2. The van der Waals surface area contributed by atoms with Crippen LogP contribution in [0.3, 0.4) is 0 Å². The fourth-order valence-corrected chi connectivity index (χ4v) is 4.19. The number of aliphatic hydroxyl groups is 1. The molecule has 0 aliphatic carbocycles. The van der Waals surface area contributed by atoms with Crippen molar-refractivity contribution in [1.29, 1.82) is 0 Å². The van der Waals surface area contributed by atoms with E-state index in [4.69, 9.17) is 16.7 Å². The van der Waals surface area contributed by atoms with E-state index in [0.717, 1.165) is 25.4 Å². The van der Waals surface area contributed by atoms with Crippen LogP contribution in [-0.4, -0.2) is 30.8 Å². The fourth-order valence-electron chi connectivity index (χ4n) is 3.20. The van der Waals surface area contributed by atoms with Crippen molar-refractivity contribution in [3.63, 3.8) is 0 Å². The standard InChI is InChI=1S/C21H20ClN5O3S/c1-13-23-17-8-7-16(11-18(17)31-13)24-19-25-20(29)26(9-2-10-28)21(30)27(19)12-14-3-5-15(22)6-4-14/h3-8,11,28H,2,9-10,12H2,1H3,(H,24,25,29). The number of fused-ring (bicyclic) bond motifs is 1. The Hall–Kier alpha value is -3.01. The summed E-state index contributed by atoms with van der Waals surface area (Å²) < 4.78 is 3.45. The molecule has 0 fully saturated rings. The quantitative estimate of drug-likeness (QED) is 0.464. The van der Waals surface area contributed by atoms with Crippen molar-refractivity contribution in [1.82, 2.24) is 19.1 Å². The number of aromatic nitrogens is 4. The van der Waals surface area contributed by atoms with Crippen LogP contribution in [0.15, 0.2) is 57.0 Å². The zero-order chi connectivity index (χ0) is 22.0. The van der Waals surface area contributed by atoms with Crippen molar-refractivity contribution in [2.24, 2.45) is 4.99 Å². The Morgan fingerprint density at radius 2 is 1.94 bits per heavy atom. The summed E-state index contributed by atoms with van der Waals surface area (Å²) in [5.41, 5.74) is 1.38. The molecule has 0 spiro atoms. The summed E-state index contributed by atoms with van der Waals surface area (Å²) in [6.45, 7) is 2.12. The largest absolute Gasteiger partial charge is 0.396 e. The van der Waals surface area contributed by atoms with Crippen molar-refractivity contribution in [3.8, 4) is 0 Å². The molecule has 0 amide bonds. The molecule has 10 heteroatoms. The topological polar surface area (TPSA) is 105 Å². The van der Waals surface area contributed by atoms with Crippen LogP contribution in [0.5, 0.6) is 0 Å². The van der Waals surface area contributed by atoms with Gasteiger partial charge in [0.15, 0.2) is 0 Å². The van der Waals surface area contributed by atoms with Crippen LogP contribution in [0.1, 0.15) is 17.0 Å². The SMILES string of the molecule is Cc1nc2ccc(/N=c3\[nH]c(=O)n(CCCO)c(=O)n3Cc3ccc(Cl)cc3)cc2s1. The summed E-state index contributed by atoms with van der Waals surface area (Å²) in [6, 6.07) is 12.6. The molecule has 0 bridgehead atoms. The van der Waals surface area contributed by atoms with Gasteiger partial charge in [0.2, 0.25) is 5.62 Å². The summed E-state index contributed by atoms with van der Waals surface area (Å²) in [7, 11) is 0. The Morgan fingerprint density at radius 3 is 2.68 bits per heavy atom. The highest BCUT2D eigenvalue weighted by atomic mass is 35.5. The molecule has 4 rings (SSSR count). The summed E-state index contributed by atoms with van der Waals surface area (Å²) >= 11 is 7.52. The number of benzene rings is 2. The number of nitrogens with one attached hydrogen (secondary N) is 1. The minimum atomic E-state index is -0.570. The van der Waals surface area contributed by atoms with E-state index >= 15 is 0 Å². The van der Waals surface area contributed by atoms with Gasteiger partial charge in [-0.15, -0.1) is 11.3 Å². The average molecular weight is 458 g/mol. The Labute approximate surface area is 185 Å². The summed E-state index contributed by atoms with van der Waals surface area (Å²) in [6.07, 6.45) is 0.293. The lowest BCUT2D eigenvalue weighted by Crippen LogP contribution is -2.50. The number of thiazole rings is 1. The van der Waals surface area contributed by atoms with E-state index in [1.165, 1.54) is 4.57 Å². The molecule has 0 radical (unpaired) electrons. The van der Waals surface area contributed by atoms with E-state index in [0.29, 0.717) is 17.1 Å². The first kappa shape index (κ1) is 21.2.